The van der Waals surface area contributed by atoms with E-state index in [4.69, 9.17) is 16.4 Å². The minimum Gasteiger partial charge on any atom is -0.285 e. The molecule has 1 heterocycles. The van der Waals surface area contributed by atoms with Crippen LogP contribution in [0.2, 0.25) is 5.15 Å². The van der Waals surface area contributed by atoms with Crippen molar-refractivity contribution in [2.75, 3.05) is 0 Å². The Morgan fingerprint density at radius 3 is 2.45 bits per heavy atom. The Morgan fingerprint density at radius 2 is 2.18 bits per heavy atom. The summed E-state index contributed by atoms with van der Waals surface area (Å²) >= 11 is 9.92. The van der Waals surface area contributed by atoms with Crippen molar-refractivity contribution >= 4 is 28.9 Å². The molecular weight excluding hydrogens is 185 g/mol. The average molecular weight is 192 g/mol. The van der Waals surface area contributed by atoms with Gasteiger partial charge in [0.25, 0.3) is 0 Å². The van der Waals surface area contributed by atoms with Gasteiger partial charge < -0.3 is 0 Å². The van der Waals surface area contributed by atoms with Crippen LogP contribution < -0.4 is 0 Å². The zero-order chi connectivity index (χ0) is 8.69. The van der Waals surface area contributed by atoms with Crippen LogP contribution in [-0.2, 0) is 4.79 Å². The Balaban J connectivity index is 0.000000292. The van der Waals surface area contributed by atoms with Gasteiger partial charge in [-0.2, -0.15) is 0 Å². The largest absolute Gasteiger partial charge is 0.285 e. The fourth-order valence-corrected chi connectivity index (χ4v) is 0.586. The highest BCUT2D eigenvalue weighted by molar-refractivity contribution is 6.54. The number of carbonyl (C=O) groups excluding carboxylic acids is 1. The molecule has 0 spiro atoms. The van der Waals surface area contributed by atoms with Crippen LogP contribution in [0.4, 0.5) is 0 Å². The molecule has 0 aliphatic rings. The summed E-state index contributed by atoms with van der Waals surface area (Å²) in [6, 6.07) is 3.79. The lowest BCUT2D eigenvalue weighted by molar-refractivity contribution is 0.569. The summed E-state index contributed by atoms with van der Waals surface area (Å²) in [5.74, 6) is 0.222. The first-order chi connectivity index (χ1) is 5.22. The number of pyridine rings is 1. The molecule has 1 aromatic rings. The lowest BCUT2D eigenvalue weighted by Gasteiger charge is -1.89. The predicted octanol–water partition coefficient (Wildman–Crippen LogP) is 2.46. The van der Waals surface area contributed by atoms with Crippen molar-refractivity contribution in [1.29, 1.82) is 0 Å². The molecule has 0 radical (unpaired) electrons. The molecule has 4 heteroatoms. The number of aromatic nitrogens is 1. The van der Waals surface area contributed by atoms with E-state index in [2.05, 4.69) is 16.6 Å². The molecule has 0 aliphatic heterocycles. The van der Waals surface area contributed by atoms with Crippen LogP contribution >= 0.6 is 23.2 Å². The molecule has 0 fully saturated rings. The van der Waals surface area contributed by atoms with E-state index < -0.39 is 0 Å². The molecule has 1 rings (SSSR count). The van der Waals surface area contributed by atoms with Crippen LogP contribution in [0.25, 0.3) is 0 Å². The number of rotatable bonds is 0. The maximum atomic E-state index is 8.57. The van der Waals surface area contributed by atoms with E-state index in [1.54, 1.807) is 6.20 Å². The number of hydrogen-bond acceptors (Lipinski definition) is 2. The van der Waals surface area contributed by atoms with Crippen molar-refractivity contribution in [3.8, 4) is 0 Å². The second-order valence-electron chi connectivity index (χ2n) is 1.70. The van der Waals surface area contributed by atoms with Crippen molar-refractivity contribution in [3.05, 3.63) is 29.0 Å². The van der Waals surface area contributed by atoms with Gasteiger partial charge in [0.15, 0.2) is 0 Å². The van der Waals surface area contributed by atoms with E-state index in [1.807, 2.05) is 19.1 Å². The van der Waals surface area contributed by atoms with Gasteiger partial charge in [-0.1, -0.05) is 17.7 Å². The second kappa shape index (κ2) is 6.13. The van der Waals surface area contributed by atoms with Crippen molar-refractivity contribution in [1.82, 2.24) is 4.98 Å². The predicted molar refractivity (Wildman–Crippen MR) is 46.6 cm³/mol. The van der Waals surface area contributed by atoms with Crippen molar-refractivity contribution in [2.24, 2.45) is 0 Å². The maximum Gasteiger partial charge on any atom is 0.208 e. The summed E-state index contributed by atoms with van der Waals surface area (Å²) in [4.78, 5) is 12.4. The fourth-order valence-electron chi connectivity index (χ4n) is 0.466. The zero-order valence-corrected chi connectivity index (χ0v) is 7.43. The molecule has 0 aromatic carbocycles. The van der Waals surface area contributed by atoms with E-state index in [-0.39, 0.29) is 5.75 Å². The SMILES string of the molecule is Cc1cccnc1Cl.O=CCl. The molecule has 1 aromatic heterocycles. The molecule has 0 atom stereocenters. The van der Waals surface area contributed by atoms with Crippen LogP contribution in [0.1, 0.15) is 5.56 Å². The minimum absolute atomic E-state index is 0.222. The molecule has 0 bridgehead atoms. The zero-order valence-electron chi connectivity index (χ0n) is 5.92. The summed E-state index contributed by atoms with van der Waals surface area (Å²) in [7, 11) is 0. The first-order valence-corrected chi connectivity index (χ1v) is 3.64. The van der Waals surface area contributed by atoms with Crippen LogP contribution in [-0.4, -0.2) is 10.7 Å². The molecule has 0 amide bonds. The number of hydrogen-bond donors (Lipinski definition) is 0. The third-order valence-electron chi connectivity index (χ3n) is 0.946. The monoisotopic (exact) mass is 191 g/mol. The topological polar surface area (TPSA) is 30.0 Å². The summed E-state index contributed by atoms with van der Waals surface area (Å²) in [5, 5.41) is 0.590. The molecule has 0 aliphatic carbocycles. The van der Waals surface area contributed by atoms with E-state index in [0.29, 0.717) is 5.15 Å². The molecule has 0 N–H and O–H groups in total. The molecule has 0 unspecified atom stereocenters. The normalized spacial score (nSPS) is 7.91. The van der Waals surface area contributed by atoms with Gasteiger partial charge in [0.2, 0.25) is 5.75 Å². The molecular formula is C7H7Cl2NO. The fraction of sp³-hybridized carbons (Fsp3) is 0.143. The Kier molecular flexibility index (Phi) is 5.80. The third kappa shape index (κ3) is 4.76. The number of aryl methyl sites for hydroxylation is 1. The smallest absolute Gasteiger partial charge is 0.208 e. The highest BCUT2D eigenvalue weighted by Crippen LogP contribution is 2.07. The summed E-state index contributed by atoms with van der Waals surface area (Å²) in [6.07, 6.45) is 1.68. The van der Waals surface area contributed by atoms with E-state index >= 15 is 0 Å². The average Bonchev–Trinajstić information content (AvgIpc) is 1.97. The highest BCUT2D eigenvalue weighted by atomic mass is 35.5. The van der Waals surface area contributed by atoms with Crippen LogP contribution in [0.15, 0.2) is 18.3 Å². The van der Waals surface area contributed by atoms with Crippen LogP contribution in [0.3, 0.4) is 0 Å². The Hall–Kier alpha value is -0.600. The minimum atomic E-state index is 0.222. The van der Waals surface area contributed by atoms with E-state index in [9.17, 15) is 0 Å². The van der Waals surface area contributed by atoms with Crippen molar-refractivity contribution in [2.45, 2.75) is 6.92 Å². The van der Waals surface area contributed by atoms with Gasteiger partial charge in [-0.3, -0.25) is 4.79 Å². The number of nitrogens with zero attached hydrogens (tertiary/aromatic N) is 1. The van der Waals surface area contributed by atoms with Gasteiger partial charge in [-0.05, 0) is 30.2 Å². The molecule has 60 valence electrons. The molecule has 2 nitrogen and oxygen atoms in total. The quantitative estimate of drug-likeness (QED) is 0.359. The third-order valence-corrected chi connectivity index (χ3v) is 1.34. The first kappa shape index (κ1) is 10.4. The standard InChI is InChI=1S/C6H6ClN.CHClO/c1-5-3-2-4-8-6(5)7;2-1-3/h2-4H,1H3;1H. The van der Waals surface area contributed by atoms with Gasteiger partial charge in [0.05, 0.1) is 0 Å². The van der Waals surface area contributed by atoms with Crippen molar-refractivity contribution < 1.29 is 4.79 Å². The summed E-state index contributed by atoms with van der Waals surface area (Å²) < 4.78 is 0. The molecule has 11 heavy (non-hydrogen) atoms. The Labute approximate surface area is 75.2 Å². The van der Waals surface area contributed by atoms with Gasteiger partial charge in [0.1, 0.15) is 5.15 Å². The Morgan fingerprint density at radius 1 is 1.64 bits per heavy atom. The maximum absolute atomic E-state index is 8.57. The lowest BCUT2D eigenvalue weighted by atomic mass is 10.3. The van der Waals surface area contributed by atoms with Gasteiger partial charge >= 0.3 is 0 Å². The van der Waals surface area contributed by atoms with Gasteiger partial charge in [0, 0.05) is 6.20 Å². The molecule has 0 saturated heterocycles. The summed E-state index contributed by atoms with van der Waals surface area (Å²) in [6.45, 7) is 1.93. The first-order valence-electron chi connectivity index (χ1n) is 2.83. The highest BCUT2D eigenvalue weighted by Gasteiger charge is 1.88. The van der Waals surface area contributed by atoms with Crippen LogP contribution in [0, 0.1) is 6.92 Å². The lowest BCUT2D eigenvalue weighted by Crippen LogP contribution is -1.75. The number of carbonyl (C=O) groups is 1. The number of halogens is 2. The second-order valence-corrected chi connectivity index (χ2v) is 2.24. The van der Waals surface area contributed by atoms with Crippen molar-refractivity contribution in [3.63, 3.8) is 0 Å². The van der Waals surface area contributed by atoms with Crippen LogP contribution in [0.5, 0.6) is 0 Å². The Bertz CT molecular complexity index is 206. The van der Waals surface area contributed by atoms with E-state index in [0.717, 1.165) is 5.56 Å². The summed E-state index contributed by atoms with van der Waals surface area (Å²) in [5.41, 5.74) is 1.02. The van der Waals surface area contributed by atoms with Gasteiger partial charge in [-0.15, -0.1) is 0 Å². The molecule has 0 saturated carbocycles. The van der Waals surface area contributed by atoms with Gasteiger partial charge in [-0.25, -0.2) is 4.98 Å². The van der Waals surface area contributed by atoms with E-state index in [1.165, 1.54) is 0 Å².